The number of rotatable bonds is 4. The number of amides is 1. The Hall–Kier alpha value is -2.10. The van der Waals surface area contributed by atoms with Gasteiger partial charge in [0, 0.05) is 5.69 Å². The maximum Gasteiger partial charge on any atom is 0.293 e. The van der Waals surface area contributed by atoms with Crippen molar-refractivity contribution in [3.8, 4) is 0 Å². The average Bonchev–Trinajstić information content (AvgIpc) is 2.92. The Labute approximate surface area is 119 Å². The molecule has 20 heavy (non-hydrogen) atoms. The fraction of sp³-hybridized carbons (Fsp3) is 0.375. The summed E-state index contributed by atoms with van der Waals surface area (Å²) in [5.74, 6) is 0.619. The zero-order valence-corrected chi connectivity index (χ0v) is 12.3. The Balaban J connectivity index is 2.40. The van der Waals surface area contributed by atoms with Crippen molar-refractivity contribution in [1.29, 1.82) is 0 Å². The normalized spacial score (nSPS) is 11.1. The number of anilines is 1. The van der Waals surface area contributed by atoms with Gasteiger partial charge >= 0.3 is 0 Å². The predicted octanol–water partition coefficient (Wildman–Crippen LogP) is 4.17. The van der Waals surface area contributed by atoms with Gasteiger partial charge < -0.3 is 9.73 Å². The van der Waals surface area contributed by atoms with E-state index in [0.717, 1.165) is 16.8 Å². The van der Waals surface area contributed by atoms with Gasteiger partial charge in [-0.2, -0.15) is 0 Å². The average molecular weight is 272 g/mol. The second-order valence-electron chi connectivity index (χ2n) is 5.44. The maximum atomic E-state index is 12.2. The van der Waals surface area contributed by atoms with Gasteiger partial charge in [-0.1, -0.05) is 45.9 Å². The number of nitrogens with zero attached hydrogens (tertiary/aromatic N) is 1. The number of benzene rings is 1. The van der Waals surface area contributed by atoms with Crippen molar-refractivity contribution in [3.63, 3.8) is 0 Å². The molecule has 1 amide bonds. The Morgan fingerprint density at radius 3 is 2.20 bits per heavy atom. The molecule has 2 aromatic rings. The molecule has 0 fully saturated rings. The molecule has 0 saturated carbocycles. The van der Waals surface area contributed by atoms with E-state index in [1.807, 2.05) is 18.2 Å². The summed E-state index contributed by atoms with van der Waals surface area (Å²) in [7, 11) is 0. The summed E-state index contributed by atoms with van der Waals surface area (Å²) in [5.41, 5.74) is 3.15. The van der Waals surface area contributed by atoms with E-state index >= 15 is 0 Å². The molecule has 0 spiro atoms. The van der Waals surface area contributed by atoms with E-state index < -0.39 is 0 Å². The van der Waals surface area contributed by atoms with Crippen molar-refractivity contribution >= 4 is 11.6 Å². The van der Waals surface area contributed by atoms with Gasteiger partial charge in [0.15, 0.2) is 6.39 Å². The number of nitrogens with one attached hydrogen (secondary N) is 1. The molecule has 4 heteroatoms. The minimum absolute atomic E-state index is 0.221. The second kappa shape index (κ2) is 5.90. The number of carbonyl (C=O) groups excluding carboxylic acids is 1. The Kier molecular flexibility index (Phi) is 4.23. The molecule has 0 bridgehead atoms. The highest BCUT2D eigenvalue weighted by molar-refractivity contribution is 6.03. The largest absolute Gasteiger partial charge is 0.438 e. The molecule has 4 nitrogen and oxygen atoms in total. The van der Waals surface area contributed by atoms with E-state index in [0.29, 0.717) is 11.8 Å². The minimum Gasteiger partial charge on any atom is -0.438 e. The van der Waals surface area contributed by atoms with E-state index in [1.165, 1.54) is 12.6 Å². The number of aromatic nitrogens is 1. The van der Waals surface area contributed by atoms with E-state index in [2.05, 4.69) is 38.0 Å². The Morgan fingerprint density at radius 1 is 1.15 bits per heavy atom. The molecule has 1 heterocycles. The van der Waals surface area contributed by atoms with E-state index in [9.17, 15) is 4.79 Å². The third kappa shape index (κ3) is 2.90. The lowest BCUT2D eigenvalue weighted by atomic mass is 9.92. The topological polar surface area (TPSA) is 55.1 Å². The Morgan fingerprint density at radius 2 is 1.75 bits per heavy atom. The molecule has 0 unspecified atom stereocenters. The van der Waals surface area contributed by atoms with Crippen molar-refractivity contribution in [2.24, 2.45) is 0 Å². The van der Waals surface area contributed by atoms with Crippen molar-refractivity contribution < 1.29 is 9.21 Å². The van der Waals surface area contributed by atoms with Crippen LogP contribution in [0.15, 0.2) is 35.2 Å². The number of para-hydroxylation sites is 1. The standard InChI is InChI=1S/C16H20N2O2/c1-10(2)12-6-5-7-13(11(3)4)15(12)18-16(19)14-8-17-9-20-14/h5-11H,1-4H3,(H,18,19). The summed E-state index contributed by atoms with van der Waals surface area (Å²) in [6.07, 6.45) is 2.68. The molecular weight excluding hydrogens is 252 g/mol. The number of hydrogen-bond donors (Lipinski definition) is 1. The first-order valence-corrected chi connectivity index (χ1v) is 6.83. The van der Waals surface area contributed by atoms with Gasteiger partial charge in [-0.05, 0) is 23.0 Å². The fourth-order valence-corrected chi connectivity index (χ4v) is 2.20. The van der Waals surface area contributed by atoms with Crippen LogP contribution in [-0.4, -0.2) is 10.9 Å². The summed E-state index contributed by atoms with van der Waals surface area (Å²) in [6, 6.07) is 6.13. The van der Waals surface area contributed by atoms with E-state index in [1.54, 1.807) is 0 Å². The molecule has 1 aromatic heterocycles. The molecule has 0 aliphatic rings. The van der Waals surface area contributed by atoms with Crippen molar-refractivity contribution in [2.45, 2.75) is 39.5 Å². The highest BCUT2D eigenvalue weighted by Crippen LogP contribution is 2.32. The summed E-state index contributed by atoms with van der Waals surface area (Å²) in [5, 5.41) is 2.97. The molecule has 0 aliphatic carbocycles. The molecule has 106 valence electrons. The maximum absolute atomic E-state index is 12.2. The highest BCUT2D eigenvalue weighted by Gasteiger charge is 2.17. The van der Waals surface area contributed by atoms with E-state index in [-0.39, 0.29) is 11.7 Å². The minimum atomic E-state index is -0.266. The molecule has 2 rings (SSSR count). The predicted molar refractivity (Wildman–Crippen MR) is 79.1 cm³/mol. The molecule has 0 saturated heterocycles. The second-order valence-corrected chi connectivity index (χ2v) is 5.44. The van der Waals surface area contributed by atoms with E-state index in [4.69, 9.17) is 4.42 Å². The number of carbonyl (C=O) groups is 1. The zero-order valence-electron chi connectivity index (χ0n) is 12.3. The van der Waals surface area contributed by atoms with Crippen molar-refractivity contribution in [2.75, 3.05) is 5.32 Å². The van der Waals surface area contributed by atoms with Gasteiger partial charge in [0.1, 0.15) is 0 Å². The molecule has 0 aliphatic heterocycles. The monoisotopic (exact) mass is 272 g/mol. The molecule has 0 atom stereocenters. The molecule has 1 aromatic carbocycles. The van der Waals surface area contributed by atoms with Gasteiger partial charge in [-0.25, -0.2) is 4.98 Å². The van der Waals surface area contributed by atoms with Crippen LogP contribution in [0.3, 0.4) is 0 Å². The summed E-state index contributed by atoms with van der Waals surface area (Å²) in [6.45, 7) is 8.46. The van der Waals surface area contributed by atoms with Crippen LogP contribution in [0.4, 0.5) is 5.69 Å². The van der Waals surface area contributed by atoms with Crippen LogP contribution in [0.2, 0.25) is 0 Å². The Bertz CT molecular complexity index is 560. The van der Waals surface area contributed by atoms with Crippen LogP contribution in [0, 0.1) is 0 Å². The number of oxazole rings is 1. The summed E-state index contributed by atoms with van der Waals surface area (Å²) < 4.78 is 5.05. The smallest absolute Gasteiger partial charge is 0.293 e. The van der Waals surface area contributed by atoms with Crippen LogP contribution in [0.25, 0.3) is 0 Å². The van der Waals surface area contributed by atoms with Gasteiger partial charge in [0.25, 0.3) is 5.91 Å². The molecule has 0 radical (unpaired) electrons. The van der Waals surface area contributed by atoms with Gasteiger partial charge in [0.2, 0.25) is 5.76 Å². The lowest BCUT2D eigenvalue weighted by Crippen LogP contribution is -2.15. The van der Waals surface area contributed by atoms with Gasteiger partial charge in [-0.15, -0.1) is 0 Å². The lowest BCUT2D eigenvalue weighted by molar-refractivity contribution is 0.0996. The fourth-order valence-electron chi connectivity index (χ4n) is 2.20. The zero-order chi connectivity index (χ0) is 14.7. The quantitative estimate of drug-likeness (QED) is 0.908. The first-order chi connectivity index (χ1) is 9.50. The first-order valence-electron chi connectivity index (χ1n) is 6.83. The highest BCUT2D eigenvalue weighted by atomic mass is 16.3. The summed E-state index contributed by atoms with van der Waals surface area (Å²) in [4.78, 5) is 16.0. The molecular formula is C16H20N2O2. The third-order valence-corrected chi connectivity index (χ3v) is 3.27. The summed E-state index contributed by atoms with van der Waals surface area (Å²) >= 11 is 0. The van der Waals surface area contributed by atoms with Gasteiger partial charge in [-0.3, -0.25) is 4.79 Å². The van der Waals surface area contributed by atoms with Crippen molar-refractivity contribution in [1.82, 2.24) is 4.98 Å². The first kappa shape index (κ1) is 14.3. The molecule has 1 N–H and O–H groups in total. The van der Waals surface area contributed by atoms with Crippen LogP contribution in [0.5, 0.6) is 0 Å². The van der Waals surface area contributed by atoms with Crippen LogP contribution in [0.1, 0.15) is 61.2 Å². The van der Waals surface area contributed by atoms with Gasteiger partial charge in [0.05, 0.1) is 6.20 Å². The van der Waals surface area contributed by atoms with Crippen LogP contribution < -0.4 is 5.32 Å². The lowest BCUT2D eigenvalue weighted by Gasteiger charge is -2.19. The van der Waals surface area contributed by atoms with Crippen LogP contribution in [-0.2, 0) is 0 Å². The van der Waals surface area contributed by atoms with Crippen molar-refractivity contribution in [3.05, 3.63) is 47.7 Å². The SMILES string of the molecule is CC(C)c1cccc(C(C)C)c1NC(=O)c1cnco1. The van der Waals surface area contributed by atoms with Crippen LogP contribution >= 0.6 is 0 Å². The number of hydrogen-bond acceptors (Lipinski definition) is 3. The third-order valence-electron chi connectivity index (χ3n) is 3.27.